The second-order valence-corrected chi connectivity index (χ2v) is 12.0. The highest BCUT2D eigenvalue weighted by atomic mass is 35.5. The number of thiazole rings is 1. The van der Waals surface area contributed by atoms with Gasteiger partial charge in [-0.3, -0.25) is 4.79 Å². The van der Waals surface area contributed by atoms with Crippen molar-refractivity contribution in [2.75, 3.05) is 6.54 Å². The summed E-state index contributed by atoms with van der Waals surface area (Å²) in [5, 5.41) is 5.02. The quantitative estimate of drug-likeness (QED) is 0.451. The molecule has 0 radical (unpaired) electrons. The number of halogens is 4. The second kappa shape index (κ2) is 9.82. The van der Waals surface area contributed by atoms with Crippen LogP contribution in [0.3, 0.4) is 0 Å². The number of carbonyl (C=O) groups is 1. The molecule has 1 amide bonds. The van der Waals surface area contributed by atoms with E-state index in [1.165, 1.54) is 52.0 Å². The molecule has 1 aromatic carbocycles. The SMILES string of the molecule is O=C(NCc1nc(-c2ccc(OC(F)(F)F)cc2)cs1)[C@@H]1CCCN1S(=O)(=O)c1ccc(Cl)s1. The third kappa shape index (κ3) is 5.71. The lowest BCUT2D eigenvalue weighted by Crippen LogP contribution is -2.45. The highest BCUT2D eigenvalue weighted by Gasteiger charge is 2.40. The maximum Gasteiger partial charge on any atom is 0.573 e. The van der Waals surface area contributed by atoms with Crippen LogP contribution < -0.4 is 10.1 Å². The zero-order chi connectivity index (χ0) is 24.5. The minimum atomic E-state index is -4.77. The first kappa shape index (κ1) is 24.9. The number of amides is 1. The van der Waals surface area contributed by atoms with Gasteiger partial charge in [0.15, 0.2) is 0 Å². The number of benzene rings is 1. The first-order valence-corrected chi connectivity index (χ1v) is 13.4. The number of carbonyl (C=O) groups excluding carboxylic acids is 1. The molecule has 1 atom stereocenters. The van der Waals surface area contributed by atoms with E-state index in [1.54, 1.807) is 5.38 Å². The lowest BCUT2D eigenvalue weighted by Gasteiger charge is -2.22. The molecule has 1 fully saturated rings. The van der Waals surface area contributed by atoms with Crippen LogP contribution in [0.5, 0.6) is 5.75 Å². The van der Waals surface area contributed by atoms with Crippen LogP contribution in [0.4, 0.5) is 13.2 Å². The number of hydrogen-bond donors (Lipinski definition) is 1. The molecule has 0 saturated carbocycles. The summed E-state index contributed by atoms with van der Waals surface area (Å²) in [5.74, 6) is -0.756. The van der Waals surface area contributed by atoms with Crippen LogP contribution in [0.2, 0.25) is 4.34 Å². The Bertz CT molecular complexity index is 1280. The molecule has 3 heterocycles. The van der Waals surface area contributed by atoms with Crippen LogP contribution in [0.25, 0.3) is 11.3 Å². The average Bonchev–Trinajstić information content (AvgIpc) is 3.52. The van der Waals surface area contributed by atoms with Crippen LogP contribution in [-0.4, -0.2) is 42.6 Å². The number of nitrogens with zero attached hydrogens (tertiary/aromatic N) is 2. The highest BCUT2D eigenvalue weighted by molar-refractivity contribution is 7.91. The van der Waals surface area contributed by atoms with Gasteiger partial charge in [0.1, 0.15) is 21.0 Å². The molecule has 0 unspecified atom stereocenters. The van der Waals surface area contributed by atoms with Crippen molar-refractivity contribution in [3.8, 4) is 17.0 Å². The maximum atomic E-state index is 12.9. The highest BCUT2D eigenvalue weighted by Crippen LogP contribution is 2.32. The number of ether oxygens (including phenoxy) is 1. The molecule has 1 N–H and O–H groups in total. The smallest absolute Gasteiger partial charge is 0.406 e. The summed E-state index contributed by atoms with van der Waals surface area (Å²) >= 11 is 8.08. The molecule has 7 nitrogen and oxygen atoms in total. The molecule has 4 rings (SSSR count). The molecule has 2 aromatic heterocycles. The minimum absolute atomic E-state index is 0.0911. The number of hydrogen-bond acceptors (Lipinski definition) is 7. The Balaban J connectivity index is 1.38. The van der Waals surface area contributed by atoms with Crippen molar-refractivity contribution in [1.82, 2.24) is 14.6 Å². The Hall–Kier alpha value is -2.19. The predicted molar refractivity (Wildman–Crippen MR) is 122 cm³/mol. The standard InChI is InChI=1S/C20H17ClF3N3O4S3/c21-16-7-8-18(33-16)34(29,30)27-9-1-2-15(27)19(28)25-10-17-26-14(11-32-17)12-3-5-13(6-4-12)31-20(22,23)24/h3-8,11,15H,1-2,9-10H2,(H,25,28)/t15-/m0/s1. The van der Waals surface area contributed by atoms with Crippen molar-refractivity contribution in [3.63, 3.8) is 0 Å². The molecule has 1 aliphatic rings. The molecule has 1 aliphatic heterocycles. The second-order valence-electron chi connectivity index (χ2n) is 7.25. The molecule has 182 valence electrons. The lowest BCUT2D eigenvalue weighted by molar-refractivity contribution is -0.274. The normalized spacial score (nSPS) is 17.1. The number of aromatic nitrogens is 1. The molecule has 0 bridgehead atoms. The topological polar surface area (TPSA) is 88.6 Å². The first-order valence-electron chi connectivity index (χ1n) is 9.88. The maximum absolute atomic E-state index is 12.9. The van der Waals surface area contributed by atoms with Crippen molar-refractivity contribution >= 4 is 50.2 Å². The van der Waals surface area contributed by atoms with E-state index in [0.717, 1.165) is 11.3 Å². The Kier molecular flexibility index (Phi) is 7.20. The van der Waals surface area contributed by atoms with E-state index < -0.39 is 28.3 Å². The van der Waals surface area contributed by atoms with Gasteiger partial charge in [0, 0.05) is 17.5 Å². The number of sulfonamides is 1. The predicted octanol–water partition coefficient (Wildman–Crippen LogP) is 4.89. The van der Waals surface area contributed by atoms with Gasteiger partial charge in [-0.1, -0.05) is 11.6 Å². The third-order valence-corrected chi connectivity index (χ3v) is 9.42. The van der Waals surface area contributed by atoms with Crippen molar-refractivity contribution in [3.05, 3.63) is 51.1 Å². The fraction of sp³-hybridized carbons (Fsp3) is 0.300. The Labute approximate surface area is 206 Å². The minimum Gasteiger partial charge on any atom is -0.406 e. The Morgan fingerprint density at radius 3 is 2.62 bits per heavy atom. The third-order valence-electron chi connectivity index (χ3n) is 4.97. The van der Waals surface area contributed by atoms with Crippen molar-refractivity contribution in [2.45, 2.75) is 36.0 Å². The largest absolute Gasteiger partial charge is 0.573 e. The summed E-state index contributed by atoms with van der Waals surface area (Å²) in [5.41, 5.74) is 1.12. The van der Waals surface area contributed by atoms with Gasteiger partial charge in [0.2, 0.25) is 5.91 Å². The van der Waals surface area contributed by atoms with Crippen LogP contribution >= 0.6 is 34.3 Å². The van der Waals surface area contributed by atoms with E-state index in [-0.39, 0.29) is 23.0 Å². The van der Waals surface area contributed by atoms with E-state index in [9.17, 15) is 26.4 Å². The summed E-state index contributed by atoms with van der Waals surface area (Å²) in [7, 11) is -3.83. The van der Waals surface area contributed by atoms with Crippen molar-refractivity contribution < 1.29 is 31.1 Å². The Morgan fingerprint density at radius 1 is 1.24 bits per heavy atom. The fourth-order valence-corrected chi connectivity index (χ4v) is 7.49. The summed E-state index contributed by atoms with van der Waals surface area (Å²) in [4.78, 5) is 17.2. The zero-order valence-corrected chi connectivity index (χ0v) is 20.4. The van der Waals surface area contributed by atoms with Gasteiger partial charge in [-0.05, 0) is 49.2 Å². The number of rotatable bonds is 7. The van der Waals surface area contributed by atoms with Crippen molar-refractivity contribution in [1.29, 1.82) is 0 Å². The molecule has 14 heteroatoms. The van der Waals surface area contributed by atoms with Crippen LogP contribution in [-0.2, 0) is 21.4 Å². The fourth-order valence-electron chi connectivity index (χ4n) is 3.47. The van der Waals surface area contributed by atoms with Gasteiger partial charge in [-0.15, -0.1) is 35.8 Å². The van der Waals surface area contributed by atoms with Crippen LogP contribution in [0, 0.1) is 0 Å². The van der Waals surface area contributed by atoms with Gasteiger partial charge in [-0.2, -0.15) is 4.31 Å². The van der Waals surface area contributed by atoms with E-state index in [0.29, 0.717) is 33.4 Å². The van der Waals surface area contributed by atoms with Crippen LogP contribution in [0.1, 0.15) is 17.8 Å². The molecular weight excluding hydrogens is 535 g/mol. The molecule has 0 spiro atoms. The van der Waals surface area contributed by atoms with Gasteiger partial charge in [0.25, 0.3) is 10.0 Å². The van der Waals surface area contributed by atoms with E-state index >= 15 is 0 Å². The lowest BCUT2D eigenvalue weighted by atomic mass is 10.2. The molecule has 3 aromatic rings. The number of nitrogens with one attached hydrogen (secondary N) is 1. The monoisotopic (exact) mass is 551 g/mol. The average molecular weight is 552 g/mol. The summed E-state index contributed by atoms with van der Waals surface area (Å²) in [6, 6.07) is 7.40. The first-order chi connectivity index (χ1) is 16.0. The van der Waals surface area contributed by atoms with Gasteiger partial charge in [-0.25, -0.2) is 13.4 Å². The van der Waals surface area contributed by atoms with Crippen molar-refractivity contribution in [2.24, 2.45) is 0 Å². The van der Waals surface area contributed by atoms with Gasteiger partial charge >= 0.3 is 6.36 Å². The summed E-state index contributed by atoms with van der Waals surface area (Å²) in [6.07, 6.45) is -3.80. The molecule has 1 saturated heterocycles. The number of thiophene rings is 1. The van der Waals surface area contributed by atoms with Crippen LogP contribution in [0.15, 0.2) is 46.0 Å². The molecular formula is C20H17ClF3N3O4S3. The van der Waals surface area contributed by atoms with Gasteiger partial charge < -0.3 is 10.1 Å². The van der Waals surface area contributed by atoms with Gasteiger partial charge in [0.05, 0.1) is 16.6 Å². The Morgan fingerprint density at radius 2 is 1.97 bits per heavy atom. The molecule has 0 aliphatic carbocycles. The summed E-state index contributed by atoms with van der Waals surface area (Å²) in [6.45, 7) is 0.333. The molecule has 34 heavy (non-hydrogen) atoms. The zero-order valence-electron chi connectivity index (χ0n) is 17.2. The van der Waals surface area contributed by atoms with E-state index in [1.807, 2.05) is 0 Å². The summed E-state index contributed by atoms with van der Waals surface area (Å²) < 4.78 is 68.2. The van der Waals surface area contributed by atoms with E-state index in [2.05, 4.69) is 15.0 Å². The van der Waals surface area contributed by atoms with E-state index in [4.69, 9.17) is 11.6 Å². The number of alkyl halides is 3.